The summed E-state index contributed by atoms with van der Waals surface area (Å²) in [6, 6.07) is 15.0. The first-order chi connectivity index (χ1) is 11.3. The van der Waals surface area contributed by atoms with Gasteiger partial charge in [-0.15, -0.1) is 0 Å². The second kappa shape index (κ2) is 8.23. The molecule has 1 aliphatic heterocycles. The Balaban J connectivity index is 1.70. The van der Waals surface area contributed by atoms with Crippen molar-refractivity contribution in [2.75, 3.05) is 19.8 Å². The number of benzene rings is 1. The van der Waals surface area contributed by atoms with E-state index in [0.29, 0.717) is 0 Å². The maximum Gasteiger partial charge on any atom is 0.0469 e. The van der Waals surface area contributed by atoms with Gasteiger partial charge in [0.1, 0.15) is 0 Å². The zero-order chi connectivity index (χ0) is 15.9. The maximum atomic E-state index is 5.51. The van der Waals surface area contributed by atoms with Gasteiger partial charge in [0.2, 0.25) is 0 Å². The zero-order valence-electron chi connectivity index (χ0n) is 13.9. The summed E-state index contributed by atoms with van der Waals surface area (Å²) >= 11 is 0. The predicted octanol–water partition coefficient (Wildman–Crippen LogP) is 3.82. The largest absolute Gasteiger partial charge is 0.381 e. The highest BCUT2D eigenvalue weighted by Gasteiger charge is 2.18. The molecular weight excluding hydrogens is 284 g/mol. The smallest absolute Gasteiger partial charge is 0.0469 e. The van der Waals surface area contributed by atoms with Crippen molar-refractivity contribution in [3.63, 3.8) is 0 Å². The van der Waals surface area contributed by atoms with Crippen LogP contribution in [0.5, 0.6) is 0 Å². The molecule has 3 heteroatoms. The lowest BCUT2D eigenvalue weighted by molar-refractivity contribution is 0.0501. The number of rotatable bonds is 6. The lowest BCUT2D eigenvalue weighted by Gasteiger charge is -2.30. The van der Waals surface area contributed by atoms with Crippen LogP contribution in [0.15, 0.2) is 48.7 Å². The molecule has 0 bridgehead atoms. The van der Waals surface area contributed by atoms with E-state index in [-0.39, 0.29) is 0 Å². The molecular formula is C20H26N2O. The molecule has 0 amide bonds. The molecule has 23 heavy (non-hydrogen) atoms. The Morgan fingerprint density at radius 2 is 1.83 bits per heavy atom. The van der Waals surface area contributed by atoms with Crippen LogP contribution in [-0.2, 0) is 17.8 Å². The lowest BCUT2D eigenvalue weighted by Crippen LogP contribution is -2.32. The van der Waals surface area contributed by atoms with E-state index in [1.807, 2.05) is 12.3 Å². The van der Waals surface area contributed by atoms with Crippen molar-refractivity contribution in [1.29, 1.82) is 0 Å². The fraction of sp³-hybridized carbons (Fsp3) is 0.450. The van der Waals surface area contributed by atoms with Gasteiger partial charge in [-0.05, 0) is 42.9 Å². The van der Waals surface area contributed by atoms with Crippen molar-refractivity contribution in [2.45, 2.75) is 32.9 Å². The van der Waals surface area contributed by atoms with Gasteiger partial charge < -0.3 is 4.74 Å². The van der Waals surface area contributed by atoms with Crippen LogP contribution in [-0.4, -0.2) is 29.6 Å². The molecule has 2 heterocycles. The van der Waals surface area contributed by atoms with Gasteiger partial charge in [-0.2, -0.15) is 0 Å². The topological polar surface area (TPSA) is 25.4 Å². The van der Waals surface area contributed by atoms with Crippen molar-refractivity contribution in [3.8, 4) is 0 Å². The second-order valence-corrected chi connectivity index (χ2v) is 6.46. The molecule has 0 unspecified atom stereocenters. The van der Waals surface area contributed by atoms with Crippen molar-refractivity contribution < 1.29 is 4.74 Å². The maximum absolute atomic E-state index is 5.51. The van der Waals surface area contributed by atoms with Gasteiger partial charge in [-0.3, -0.25) is 9.88 Å². The van der Waals surface area contributed by atoms with Gasteiger partial charge in [0.15, 0.2) is 0 Å². The molecule has 1 saturated heterocycles. The molecule has 0 saturated carbocycles. The number of ether oxygens (including phenoxy) is 1. The second-order valence-electron chi connectivity index (χ2n) is 6.46. The molecule has 2 aromatic rings. The fourth-order valence-electron chi connectivity index (χ4n) is 3.25. The average Bonchev–Trinajstić information content (AvgIpc) is 2.59. The van der Waals surface area contributed by atoms with E-state index in [0.717, 1.165) is 44.5 Å². The van der Waals surface area contributed by atoms with Crippen LogP contribution in [0.4, 0.5) is 0 Å². The molecule has 3 nitrogen and oxygen atoms in total. The molecule has 0 aliphatic carbocycles. The van der Waals surface area contributed by atoms with Gasteiger partial charge in [0.25, 0.3) is 0 Å². The SMILES string of the molecule is Cc1ncccc1CN(Cc1ccccc1)CC1CCOCC1. The van der Waals surface area contributed by atoms with E-state index in [1.54, 1.807) is 0 Å². The van der Waals surface area contributed by atoms with Crippen molar-refractivity contribution in [2.24, 2.45) is 5.92 Å². The van der Waals surface area contributed by atoms with Crippen LogP contribution in [0.1, 0.15) is 29.7 Å². The van der Waals surface area contributed by atoms with E-state index >= 15 is 0 Å². The number of pyridine rings is 1. The summed E-state index contributed by atoms with van der Waals surface area (Å²) in [7, 11) is 0. The molecule has 122 valence electrons. The number of aromatic nitrogens is 1. The van der Waals surface area contributed by atoms with Gasteiger partial charge in [-0.1, -0.05) is 36.4 Å². The van der Waals surface area contributed by atoms with Crippen LogP contribution >= 0.6 is 0 Å². The highest BCUT2D eigenvalue weighted by molar-refractivity contribution is 5.19. The minimum atomic E-state index is 0.740. The van der Waals surface area contributed by atoms with Crippen molar-refractivity contribution in [1.82, 2.24) is 9.88 Å². The van der Waals surface area contributed by atoms with E-state index in [2.05, 4.69) is 53.2 Å². The minimum absolute atomic E-state index is 0.740. The van der Waals surface area contributed by atoms with Crippen LogP contribution in [0.25, 0.3) is 0 Å². The molecule has 0 N–H and O–H groups in total. The lowest BCUT2D eigenvalue weighted by atomic mass is 9.99. The Hall–Kier alpha value is -1.71. The number of hydrogen-bond acceptors (Lipinski definition) is 3. The average molecular weight is 310 g/mol. The highest BCUT2D eigenvalue weighted by atomic mass is 16.5. The monoisotopic (exact) mass is 310 g/mol. The third-order valence-corrected chi connectivity index (χ3v) is 4.62. The van der Waals surface area contributed by atoms with E-state index in [1.165, 1.54) is 24.0 Å². The Kier molecular flexibility index (Phi) is 5.78. The molecule has 1 fully saturated rings. The van der Waals surface area contributed by atoms with Gasteiger partial charge >= 0.3 is 0 Å². The van der Waals surface area contributed by atoms with Gasteiger partial charge in [-0.25, -0.2) is 0 Å². The first-order valence-corrected chi connectivity index (χ1v) is 8.56. The summed E-state index contributed by atoms with van der Waals surface area (Å²) in [5.41, 5.74) is 3.84. The number of nitrogens with zero attached hydrogens (tertiary/aromatic N) is 2. The molecule has 1 aromatic carbocycles. The van der Waals surface area contributed by atoms with Gasteiger partial charge in [0.05, 0.1) is 0 Å². The molecule has 1 aromatic heterocycles. The summed E-state index contributed by atoms with van der Waals surface area (Å²) in [6.07, 6.45) is 4.23. The van der Waals surface area contributed by atoms with E-state index in [9.17, 15) is 0 Å². The minimum Gasteiger partial charge on any atom is -0.381 e. The molecule has 3 rings (SSSR count). The quantitative estimate of drug-likeness (QED) is 0.811. The van der Waals surface area contributed by atoms with Crippen LogP contribution in [0.2, 0.25) is 0 Å². The zero-order valence-corrected chi connectivity index (χ0v) is 13.9. The van der Waals surface area contributed by atoms with Crippen molar-refractivity contribution >= 4 is 0 Å². The molecule has 0 radical (unpaired) electrons. The summed E-state index contributed by atoms with van der Waals surface area (Å²) in [4.78, 5) is 7.00. The van der Waals surface area contributed by atoms with E-state index in [4.69, 9.17) is 4.74 Å². The summed E-state index contributed by atoms with van der Waals surface area (Å²) in [6.45, 7) is 7.01. The molecule has 0 spiro atoms. The third-order valence-electron chi connectivity index (χ3n) is 4.62. The summed E-state index contributed by atoms with van der Waals surface area (Å²) in [5.74, 6) is 0.740. The Morgan fingerprint density at radius 3 is 2.57 bits per heavy atom. The summed E-state index contributed by atoms with van der Waals surface area (Å²) < 4.78 is 5.51. The molecule has 1 aliphatic rings. The molecule has 0 atom stereocenters. The standard InChI is InChI=1S/C20H26N2O/c1-17-20(8-5-11-21-17)16-22(14-18-6-3-2-4-7-18)15-19-9-12-23-13-10-19/h2-8,11,19H,9-10,12-16H2,1H3. The van der Waals surface area contributed by atoms with Crippen LogP contribution in [0, 0.1) is 12.8 Å². The van der Waals surface area contributed by atoms with Gasteiger partial charge in [0, 0.05) is 44.7 Å². The predicted molar refractivity (Wildman–Crippen MR) is 93.1 cm³/mol. The van der Waals surface area contributed by atoms with Crippen LogP contribution in [0.3, 0.4) is 0 Å². The Labute approximate surface area is 139 Å². The summed E-state index contributed by atoms with van der Waals surface area (Å²) in [5, 5.41) is 0. The van der Waals surface area contributed by atoms with Crippen molar-refractivity contribution in [3.05, 3.63) is 65.5 Å². The first-order valence-electron chi connectivity index (χ1n) is 8.56. The fourth-order valence-corrected chi connectivity index (χ4v) is 3.25. The Morgan fingerprint density at radius 1 is 1.04 bits per heavy atom. The first kappa shape index (κ1) is 16.2. The normalized spacial score (nSPS) is 15.9. The third kappa shape index (κ3) is 4.88. The number of aryl methyl sites for hydroxylation is 1. The Bertz CT molecular complexity index is 594. The van der Waals surface area contributed by atoms with Crippen LogP contribution < -0.4 is 0 Å². The number of hydrogen-bond donors (Lipinski definition) is 0. The highest BCUT2D eigenvalue weighted by Crippen LogP contribution is 2.20. The van der Waals surface area contributed by atoms with E-state index < -0.39 is 0 Å².